The van der Waals surface area contributed by atoms with E-state index in [1.54, 1.807) is 23.2 Å². The lowest BCUT2D eigenvalue weighted by Crippen LogP contribution is -2.62. The number of urea groups is 1. The molecule has 5 saturated heterocycles. The number of carbonyl (C=O) groups is 6. The van der Waals surface area contributed by atoms with E-state index in [0.29, 0.717) is 31.0 Å². The molecule has 302 valence electrons. The third kappa shape index (κ3) is 6.86. The summed E-state index contributed by atoms with van der Waals surface area (Å²) in [5.74, 6) is -1.77. The van der Waals surface area contributed by atoms with Crippen LogP contribution in [-0.2, 0) is 16.1 Å². The number of nitrogens with one attached hydrogen (secondary N) is 2. The van der Waals surface area contributed by atoms with Gasteiger partial charge in [-0.05, 0) is 74.1 Å². The number of amides is 7. The van der Waals surface area contributed by atoms with Gasteiger partial charge in [-0.25, -0.2) is 14.8 Å². The van der Waals surface area contributed by atoms with E-state index in [4.69, 9.17) is 10.7 Å². The van der Waals surface area contributed by atoms with Crippen molar-refractivity contribution in [2.24, 2.45) is 11.1 Å². The molecule has 0 saturated carbocycles. The van der Waals surface area contributed by atoms with Crippen molar-refractivity contribution in [3.63, 3.8) is 0 Å². The number of benzene rings is 2. The van der Waals surface area contributed by atoms with Crippen molar-refractivity contribution in [3.8, 4) is 0 Å². The van der Waals surface area contributed by atoms with Crippen molar-refractivity contribution in [2.45, 2.75) is 57.2 Å². The second kappa shape index (κ2) is 14.7. The van der Waals surface area contributed by atoms with Crippen molar-refractivity contribution in [3.05, 3.63) is 71.0 Å². The maximum atomic E-state index is 13.3. The number of piperidine rings is 3. The standard InChI is InChI=1S/C41H47N11O6/c1-47-16-17-51(40(47)58)28-4-2-14-49(21-28)32-19-43-34(35(42)54)36(45-32)44-26-6-8-27(9-7-26)50-15-3-13-41(24-50)22-48(23-41)20-25-5-10-29-30(18-25)39(57)52(38(29)56)31-11-12-33(53)46-37(31)55/h5-10,18-19,28,31H,2-4,11-17,20-24H2,1H3,(H2,42,54)(H,44,45)(H,46,53,55)/t28-,31?/m0/s1. The molecular formula is C41H47N11O6. The van der Waals surface area contributed by atoms with Crippen LogP contribution in [0.25, 0.3) is 0 Å². The zero-order valence-electron chi connectivity index (χ0n) is 32.5. The van der Waals surface area contributed by atoms with Crippen LogP contribution in [0.1, 0.15) is 75.3 Å². The molecule has 2 aromatic carbocycles. The molecule has 0 radical (unpaired) electrons. The fraction of sp³-hybridized carbons (Fsp3) is 0.463. The summed E-state index contributed by atoms with van der Waals surface area (Å²) in [6.07, 6.45) is 5.80. The minimum absolute atomic E-state index is 0.0527. The number of anilines is 4. The van der Waals surface area contributed by atoms with Crippen LogP contribution < -0.4 is 26.2 Å². The van der Waals surface area contributed by atoms with Crippen LogP contribution in [-0.4, -0.2) is 137 Å². The minimum Gasteiger partial charge on any atom is -0.371 e. The van der Waals surface area contributed by atoms with Crippen molar-refractivity contribution in [1.29, 1.82) is 0 Å². The molecular weight excluding hydrogens is 743 g/mol. The monoisotopic (exact) mass is 789 g/mol. The largest absolute Gasteiger partial charge is 0.371 e. The maximum absolute atomic E-state index is 13.3. The molecule has 1 spiro atoms. The van der Waals surface area contributed by atoms with Crippen molar-refractivity contribution in [1.82, 2.24) is 34.9 Å². The molecule has 0 aliphatic carbocycles. The molecule has 9 rings (SSSR count). The van der Waals surface area contributed by atoms with Crippen LogP contribution in [0, 0.1) is 5.41 Å². The van der Waals surface area contributed by atoms with Gasteiger partial charge in [0.05, 0.1) is 23.4 Å². The van der Waals surface area contributed by atoms with Crippen LogP contribution >= 0.6 is 0 Å². The molecule has 3 aromatic rings. The Morgan fingerprint density at radius 3 is 2.43 bits per heavy atom. The molecule has 7 heterocycles. The first-order chi connectivity index (χ1) is 27.9. The molecule has 17 heteroatoms. The van der Waals surface area contributed by atoms with E-state index in [1.807, 2.05) is 30.1 Å². The van der Waals surface area contributed by atoms with E-state index in [0.717, 1.165) is 86.8 Å². The van der Waals surface area contributed by atoms with Gasteiger partial charge in [0.25, 0.3) is 17.7 Å². The summed E-state index contributed by atoms with van der Waals surface area (Å²) in [6, 6.07) is 12.5. The number of carbonyl (C=O) groups excluding carboxylic acids is 6. The van der Waals surface area contributed by atoms with Crippen molar-refractivity contribution < 1.29 is 28.8 Å². The fourth-order valence-corrected chi connectivity index (χ4v) is 9.69. The summed E-state index contributed by atoms with van der Waals surface area (Å²) in [5.41, 5.74) is 9.27. The van der Waals surface area contributed by atoms with E-state index >= 15 is 0 Å². The third-order valence-corrected chi connectivity index (χ3v) is 12.6. The molecule has 2 atom stereocenters. The molecule has 6 aliphatic heterocycles. The topological polar surface area (TPSA) is 198 Å². The molecule has 7 amide bonds. The first kappa shape index (κ1) is 37.5. The Kier molecular flexibility index (Phi) is 9.49. The number of nitrogens with two attached hydrogens (primary N) is 1. The summed E-state index contributed by atoms with van der Waals surface area (Å²) in [7, 11) is 1.83. The van der Waals surface area contributed by atoms with E-state index < -0.39 is 35.6 Å². The van der Waals surface area contributed by atoms with Crippen LogP contribution in [0.2, 0.25) is 0 Å². The Morgan fingerprint density at radius 1 is 0.914 bits per heavy atom. The lowest BCUT2D eigenvalue weighted by molar-refractivity contribution is -0.136. The highest BCUT2D eigenvalue weighted by atomic mass is 16.2. The normalized spacial score (nSPS) is 23.4. The number of hydrogen-bond donors (Lipinski definition) is 3. The number of likely N-dealkylation sites (N-methyl/N-ethyl adjacent to an activating group) is 1. The second-order valence-corrected chi connectivity index (χ2v) is 16.6. The van der Waals surface area contributed by atoms with Crippen LogP contribution in [0.3, 0.4) is 0 Å². The fourth-order valence-electron chi connectivity index (χ4n) is 9.69. The highest BCUT2D eigenvalue weighted by Crippen LogP contribution is 2.41. The van der Waals surface area contributed by atoms with Gasteiger partial charge < -0.3 is 30.7 Å². The minimum atomic E-state index is -0.984. The number of primary amides is 1. The average Bonchev–Trinajstić information content (AvgIpc) is 3.67. The van der Waals surface area contributed by atoms with Gasteiger partial charge in [0, 0.05) is 89.2 Å². The number of hydrogen-bond acceptors (Lipinski definition) is 12. The van der Waals surface area contributed by atoms with Gasteiger partial charge >= 0.3 is 6.03 Å². The number of aromatic nitrogens is 2. The van der Waals surface area contributed by atoms with E-state index in [2.05, 4.69) is 42.5 Å². The van der Waals surface area contributed by atoms with Gasteiger partial charge in [-0.1, -0.05) is 6.07 Å². The summed E-state index contributed by atoms with van der Waals surface area (Å²) >= 11 is 0. The lowest BCUT2D eigenvalue weighted by atomic mass is 9.73. The van der Waals surface area contributed by atoms with E-state index in [-0.39, 0.29) is 47.4 Å². The number of rotatable bonds is 9. The first-order valence-corrected chi connectivity index (χ1v) is 20.1. The van der Waals surface area contributed by atoms with E-state index in [9.17, 15) is 28.8 Å². The molecule has 58 heavy (non-hydrogen) atoms. The summed E-state index contributed by atoms with van der Waals surface area (Å²) in [6.45, 7) is 7.13. The van der Waals surface area contributed by atoms with Gasteiger partial charge in [0.15, 0.2) is 11.5 Å². The quantitative estimate of drug-likeness (QED) is 0.268. The highest BCUT2D eigenvalue weighted by Gasteiger charge is 2.47. The number of likely N-dealkylation sites (tertiary alicyclic amines) is 1. The number of nitrogens with zero attached hydrogens (tertiary/aromatic N) is 8. The Morgan fingerprint density at radius 2 is 1.69 bits per heavy atom. The molecule has 1 unspecified atom stereocenters. The average molecular weight is 790 g/mol. The van der Waals surface area contributed by atoms with Gasteiger partial charge in [-0.15, -0.1) is 0 Å². The molecule has 17 nitrogen and oxygen atoms in total. The predicted octanol–water partition coefficient (Wildman–Crippen LogP) is 2.16. The molecule has 6 aliphatic rings. The summed E-state index contributed by atoms with van der Waals surface area (Å²) in [4.78, 5) is 96.4. The summed E-state index contributed by atoms with van der Waals surface area (Å²) < 4.78 is 0. The molecule has 5 fully saturated rings. The van der Waals surface area contributed by atoms with Gasteiger partial charge in [0.2, 0.25) is 11.8 Å². The summed E-state index contributed by atoms with van der Waals surface area (Å²) in [5, 5.41) is 5.52. The predicted molar refractivity (Wildman–Crippen MR) is 213 cm³/mol. The Balaban J connectivity index is 0.818. The van der Waals surface area contributed by atoms with Gasteiger partial charge in [0.1, 0.15) is 11.9 Å². The highest BCUT2D eigenvalue weighted by molar-refractivity contribution is 6.23. The SMILES string of the molecule is CN1CCN([C@H]2CCCN(c3cnc(C(N)=O)c(Nc4ccc(N5CCCC6(CN(Cc7ccc8c(c7)C(=O)N(C7CCC(=O)NC7=O)C8=O)C6)C5)cc4)n3)C2)C1=O. The molecule has 0 bridgehead atoms. The van der Waals surface area contributed by atoms with Crippen molar-refractivity contribution in [2.75, 3.05) is 74.5 Å². The third-order valence-electron chi connectivity index (χ3n) is 12.6. The zero-order chi connectivity index (χ0) is 40.3. The Labute approximate surface area is 335 Å². The van der Waals surface area contributed by atoms with E-state index in [1.165, 1.54) is 0 Å². The first-order valence-electron chi connectivity index (χ1n) is 20.1. The Hall–Kier alpha value is -6.10. The van der Waals surface area contributed by atoms with Crippen LogP contribution in [0.15, 0.2) is 48.7 Å². The zero-order valence-corrected chi connectivity index (χ0v) is 32.5. The smallest absolute Gasteiger partial charge is 0.320 e. The van der Waals surface area contributed by atoms with Crippen molar-refractivity contribution >= 4 is 58.6 Å². The second-order valence-electron chi connectivity index (χ2n) is 16.6. The lowest BCUT2D eigenvalue weighted by Gasteiger charge is -2.55. The molecule has 4 N–H and O–H groups in total. The van der Waals surface area contributed by atoms with Gasteiger partial charge in [-0.2, -0.15) is 0 Å². The van der Waals surface area contributed by atoms with Gasteiger partial charge in [-0.3, -0.25) is 39.1 Å². The number of fused-ring (bicyclic) bond motifs is 1. The van der Waals surface area contributed by atoms with Crippen LogP contribution in [0.5, 0.6) is 0 Å². The maximum Gasteiger partial charge on any atom is 0.320 e. The Bertz CT molecular complexity index is 2210. The van der Waals surface area contributed by atoms with Crippen LogP contribution in [0.4, 0.5) is 27.8 Å². The molecule has 1 aromatic heterocycles. The number of imide groups is 2.